The normalized spacial score (nSPS) is 11.6. The third kappa shape index (κ3) is 3.79. The molecule has 0 saturated carbocycles. The van der Waals surface area contributed by atoms with Gasteiger partial charge in [0, 0.05) is 22.1 Å². The van der Waals surface area contributed by atoms with Crippen LogP contribution in [0.5, 0.6) is 0 Å². The number of pyridine rings is 1. The van der Waals surface area contributed by atoms with Crippen LogP contribution in [0, 0.1) is 0 Å². The van der Waals surface area contributed by atoms with Crippen LogP contribution in [-0.2, 0) is 0 Å². The van der Waals surface area contributed by atoms with Crippen molar-refractivity contribution in [2.45, 2.75) is 0 Å². The van der Waals surface area contributed by atoms with Crippen molar-refractivity contribution in [1.82, 2.24) is 19.9 Å². The van der Waals surface area contributed by atoms with Crippen LogP contribution in [0.15, 0.2) is 120 Å². The number of rotatable bonds is 3. The van der Waals surface area contributed by atoms with E-state index in [0.29, 0.717) is 28.3 Å². The molecule has 5 nitrogen and oxygen atoms in total. The second-order valence-electron chi connectivity index (χ2n) is 9.70. The van der Waals surface area contributed by atoms with Crippen molar-refractivity contribution in [3.63, 3.8) is 0 Å². The van der Waals surface area contributed by atoms with E-state index in [1.54, 1.807) is 6.07 Å². The highest BCUT2D eigenvalue weighted by molar-refractivity contribution is 6.30. The van der Waals surface area contributed by atoms with Crippen molar-refractivity contribution in [3.05, 3.63) is 120 Å². The van der Waals surface area contributed by atoms with Gasteiger partial charge in [0.1, 0.15) is 10.7 Å². The quantitative estimate of drug-likeness (QED) is 0.211. The van der Waals surface area contributed by atoms with Gasteiger partial charge in [-0.2, -0.15) is 0 Å². The SMILES string of the molecule is Clc1cc(-c2nc(-c3ccc4ccccc4c3)nc(-c3ccc4ccccc4c3)n2)c2c(n1)oc1ccccc12. The van der Waals surface area contributed by atoms with Crippen molar-refractivity contribution >= 4 is 55.2 Å². The van der Waals surface area contributed by atoms with Crippen molar-refractivity contribution in [2.75, 3.05) is 0 Å². The molecule has 40 heavy (non-hydrogen) atoms. The Morgan fingerprint density at radius 3 is 1.70 bits per heavy atom. The number of hydrogen-bond acceptors (Lipinski definition) is 5. The van der Waals surface area contributed by atoms with Gasteiger partial charge in [-0.15, -0.1) is 0 Å². The van der Waals surface area contributed by atoms with Crippen molar-refractivity contribution < 1.29 is 4.42 Å². The summed E-state index contributed by atoms with van der Waals surface area (Å²) >= 11 is 6.50. The van der Waals surface area contributed by atoms with E-state index in [4.69, 9.17) is 31.0 Å². The molecule has 8 rings (SSSR count). The van der Waals surface area contributed by atoms with Gasteiger partial charge in [0.25, 0.3) is 0 Å². The van der Waals surface area contributed by atoms with Crippen LogP contribution >= 0.6 is 11.6 Å². The zero-order valence-electron chi connectivity index (χ0n) is 21.0. The number of hydrogen-bond donors (Lipinski definition) is 0. The zero-order chi connectivity index (χ0) is 26.6. The molecule has 3 heterocycles. The van der Waals surface area contributed by atoms with Crippen LogP contribution in [0.3, 0.4) is 0 Å². The Hall–Kier alpha value is -5.13. The van der Waals surface area contributed by atoms with Gasteiger partial charge in [-0.25, -0.2) is 19.9 Å². The molecular weight excluding hydrogens is 516 g/mol. The summed E-state index contributed by atoms with van der Waals surface area (Å²) in [6, 6.07) is 38.7. The average molecular weight is 535 g/mol. The number of nitrogens with zero attached hydrogens (tertiary/aromatic N) is 4. The van der Waals surface area contributed by atoms with Crippen LogP contribution in [0.2, 0.25) is 5.15 Å². The molecule has 0 aliphatic heterocycles. The fourth-order valence-electron chi connectivity index (χ4n) is 5.28. The molecule has 0 bridgehead atoms. The van der Waals surface area contributed by atoms with Gasteiger partial charge in [0.15, 0.2) is 17.5 Å². The van der Waals surface area contributed by atoms with Gasteiger partial charge in [0.2, 0.25) is 5.71 Å². The fourth-order valence-corrected chi connectivity index (χ4v) is 5.47. The molecule has 0 aliphatic rings. The fraction of sp³-hybridized carbons (Fsp3) is 0. The lowest BCUT2D eigenvalue weighted by atomic mass is 10.0. The Morgan fingerprint density at radius 1 is 0.500 bits per heavy atom. The monoisotopic (exact) mass is 534 g/mol. The summed E-state index contributed by atoms with van der Waals surface area (Å²) in [6.45, 7) is 0. The third-order valence-corrected chi connectivity index (χ3v) is 7.40. The molecule has 0 N–H and O–H groups in total. The first-order valence-corrected chi connectivity index (χ1v) is 13.3. The average Bonchev–Trinajstić information content (AvgIpc) is 3.38. The molecule has 0 fully saturated rings. The van der Waals surface area contributed by atoms with Gasteiger partial charge in [-0.3, -0.25) is 0 Å². The molecular formula is C34H19ClN4O. The number of benzene rings is 5. The van der Waals surface area contributed by atoms with Crippen molar-refractivity contribution in [2.24, 2.45) is 0 Å². The molecule has 0 spiro atoms. The van der Waals surface area contributed by atoms with Crippen molar-refractivity contribution in [1.29, 1.82) is 0 Å². The largest absolute Gasteiger partial charge is 0.438 e. The Bertz CT molecular complexity index is 2160. The minimum atomic E-state index is 0.307. The Labute approximate surface area is 233 Å². The van der Waals surface area contributed by atoms with E-state index < -0.39 is 0 Å². The predicted molar refractivity (Wildman–Crippen MR) is 161 cm³/mol. The zero-order valence-corrected chi connectivity index (χ0v) is 21.8. The maximum Gasteiger partial charge on any atom is 0.229 e. The molecule has 0 radical (unpaired) electrons. The van der Waals surface area contributed by atoms with E-state index in [2.05, 4.69) is 53.5 Å². The summed E-state index contributed by atoms with van der Waals surface area (Å²) in [5.74, 6) is 1.66. The summed E-state index contributed by atoms with van der Waals surface area (Å²) in [7, 11) is 0. The van der Waals surface area contributed by atoms with Crippen LogP contribution in [0.1, 0.15) is 0 Å². The molecule has 3 aromatic heterocycles. The lowest BCUT2D eigenvalue weighted by molar-refractivity contribution is 0.654. The standard InChI is InChI=1S/C34H19ClN4O/c35-29-19-27(30-26-11-5-6-12-28(26)40-34(30)36-29)33-38-31(24-15-13-20-7-1-3-9-22(20)17-24)37-32(39-33)25-16-14-21-8-2-4-10-23(21)18-25/h1-19H. The molecule has 5 aromatic carbocycles. The van der Waals surface area contributed by atoms with E-state index >= 15 is 0 Å². The van der Waals surface area contributed by atoms with E-state index in [0.717, 1.165) is 54.6 Å². The summed E-state index contributed by atoms with van der Waals surface area (Å²) < 4.78 is 6.05. The van der Waals surface area contributed by atoms with Crippen LogP contribution in [-0.4, -0.2) is 19.9 Å². The van der Waals surface area contributed by atoms with Gasteiger partial charge in [-0.05, 0) is 45.8 Å². The Morgan fingerprint density at radius 2 is 1.05 bits per heavy atom. The molecule has 8 aromatic rings. The van der Waals surface area contributed by atoms with Crippen LogP contribution in [0.4, 0.5) is 0 Å². The first-order chi connectivity index (χ1) is 19.7. The third-order valence-electron chi connectivity index (χ3n) is 7.21. The number of halogens is 1. The highest BCUT2D eigenvalue weighted by atomic mass is 35.5. The van der Waals surface area contributed by atoms with Gasteiger partial charge >= 0.3 is 0 Å². The Balaban J connectivity index is 1.42. The van der Waals surface area contributed by atoms with E-state index in [9.17, 15) is 0 Å². The second-order valence-corrected chi connectivity index (χ2v) is 10.1. The summed E-state index contributed by atoms with van der Waals surface area (Å²) in [6.07, 6.45) is 0. The lowest BCUT2D eigenvalue weighted by Gasteiger charge is -2.10. The first kappa shape index (κ1) is 22.8. The van der Waals surface area contributed by atoms with Gasteiger partial charge in [0.05, 0.1) is 5.39 Å². The predicted octanol–water partition coefficient (Wildman–Crippen LogP) is 9.13. The summed E-state index contributed by atoms with van der Waals surface area (Å²) in [4.78, 5) is 19.4. The minimum absolute atomic E-state index is 0.307. The molecule has 0 saturated heterocycles. The molecule has 0 aliphatic carbocycles. The number of aromatic nitrogens is 4. The second kappa shape index (κ2) is 8.97. The minimum Gasteiger partial charge on any atom is -0.438 e. The van der Waals surface area contributed by atoms with E-state index in [1.807, 2.05) is 60.7 Å². The van der Waals surface area contributed by atoms with Gasteiger partial charge < -0.3 is 4.42 Å². The maximum atomic E-state index is 6.50. The van der Waals surface area contributed by atoms with Crippen LogP contribution < -0.4 is 0 Å². The smallest absolute Gasteiger partial charge is 0.229 e. The van der Waals surface area contributed by atoms with E-state index in [-0.39, 0.29) is 0 Å². The topological polar surface area (TPSA) is 64.7 Å². The highest BCUT2D eigenvalue weighted by Crippen LogP contribution is 2.37. The number of para-hydroxylation sites is 1. The summed E-state index contributed by atoms with van der Waals surface area (Å²) in [5.41, 5.74) is 3.72. The molecule has 188 valence electrons. The molecule has 0 unspecified atom stereocenters. The maximum absolute atomic E-state index is 6.50. The number of furan rings is 1. The molecule has 6 heteroatoms. The molecule has 0 atom stereocenters. The van der Waals surface area contributed by atoms with E-state index in [1.165, 1.54) is 0 Å². The number of fused-ring (bicyclic) bond motifs is 5. The Kier molecular flexibility index (Phi) is 5.12. The lowest BCUT2D eigenvalue weighted by Crippen LogP contribution is -2.01. The summed E-state index contributed by atoms with van der Waals surface area (Å²) in [5, 5.41) is 6.59. The molecule has 0 amide bonds. The first-order valence-electron chi connectivity index (χ1n) is 12.9. The van der Waals surface area contributed by atoms with Gasteiger partial charge in [-0.1, -0.05) is 103 Å². The van der Waals surface area contributed by atoms with Crippen molar-refractivity contribution in [3.8, 4) is 34.2 Å². The van der Waals surface area contributed by atoms with Crippen LogP contribution in [0.25, 0.3) is 77.8 Å². The highest BCUT2D eigenvalue weighted by Gasteiger charge is 2.20.